The zero-order valence-corrected chi connectivity index (χ0v) is 30.1. The Balaban J connectivity index is 1.68. The molecule has 0 radical (unpaired) electrons. The summed E-state index contributed by atoms with van der Waals surface area (Å²) in [6, 6.07) is 26.6. The molecule has 0 fully saturated rings. The lowest BCUT2D eigenvalue weighted by atomic mass is 9.79. The number of unbranched alkanes of at least 4 members (excludes halogenated alkanes) is 4. The van der Waals surface area contributed by atoms with Gasteiger partial charge in [-0.15, -0.1) is 0 Å². The standard InChI is InChI=1S/C43H58N2O4/c1-5-9-27-42(48,28-10-6-2)40(36-25-17-21-32-19-13-15-23-34(32)36)44-38(46)31-39(47)45-41(43(49,29-11-7-3)30-12-8-4)37-26-18-22-33-20-14-16-24-35(33)37/h13-26,40-41,48-49H,5-12,27-31H2,1-4H3,(H,44,46)(H,45,47)/t40-,41-/m0/s1. The maximum Gasteiger partial charge on any atom is 0.230 e. The normalized spacial score (nSPS) is 13.3. The maximum atomic E-state index is 13.9. The molecule has 4 aromatic carbocycles. The Morgan fingerprint density at radius 2 is 0.857 bits per heavy atom. The third kappa shape index (κ3) is 9.70. The van der Waals surface area contributed by atoms with E-state index in [1.165, 1.54) is 0 Å². The number of hydrogen-bond acceptors (Lipinski definition) is 4. The third-order valence-corrected chi connectivity index (χ3v) is 10.1. The molecule has 0 heterocycles. The first-order chi connectivity index (χ1) is 23.7. The van der Waals surface area contributed by atoms with Crippen LogP contribution in [-0.4, -0.2) is 33.2 Å². The van der Waals surface area contributed by atoms with Crippen molar-refractivity contribution in [2.75, 3.05) is 0 Å². The molecule has 0 saturated heterocycles. The Kier molecular flexibility index (Phi) is 14.2. The first-order valence-corrected chi connectivity index (χ1v) is 18.7. The summed E-state index contributed by atoms with van der Waals surface area (Å²) >= 11 is 0. The summed E-state index contributed by atoms with van der Waals surface area (Å²) in [5.74, 6) is -0.909. The monoisotopic (exact) mass is 666 g/mol. The van der Waals surface area contributed by atoms with Crippen LogP contribution in [0.4, 0.5) is 0 Å². The van der Waals surface area contributed by atoms with E-state index in [9.17, 15) is 19.8 Å². The Morgan fingerprint density at radius 1 is 0.531 bits per heavy atom. The fourth-order valence-electron chi connectivity index (χ4n) is 7.34. The second-order valence-electron chi connectivity index (χ2n) is 13.9. The predicted octanol–water partition coefficient (Wildman–Crippen LogP) is 9.62. The van der Waals surface area contributed by atoms with Crippen molar-refractivity contribution in [1.82, 2.24) is 10.6 Å². The molecule has 0 aliphatic carbocycles. The second kappa shape index (κ2) is 18.3. The van der Waals surface area contributed by atoms with E-state index in [2.05, 4.69) is 38.3 Å². The van der Waals surface area contributed by atoms with Crippen molar-refractivity contribution in [3.63, 3.8) is 0 Å². The highest BCUT2D eigenvalue weighted by Crippen LogP contribution is 2.40. The van der Waals surface area contributed by atoms with Crippen LogP contribution in [0.3, 0.4) is 0 Å². The summed E-state index contributed by atoms with van der Waals surface area (Å²) in [5.41, 5.74) is -0.671. The van der Waals surface area contributed by atoms with Gasteiger partial charge in [0.2, 0.25) is 11.8 Å². The van der Waals surface area contributed by atoms with Gasteiger partial charge in [0.15, 0.2) is 0 Å². The molecule has 0 aliphatic rings. The first-order valence-electron chi connectivity index (χ1n) is 18.7. The molecule has 4 N–H and O–H groups in total. The van der Waals surface area contributed by atoms with Crippen LogP contribution in [0.1, 0.15) is 134 Å². The van der Waals surface area contributed by atoms with Crippen molar-refractivity contribution >= 4 is 33.4 Å². The molecule has 264 valence electrons. The summed E-state index contributed by atoms with van der Waals surface area (Å²) in [4.78, 5) is 27.9. The number of fused-ring (bicyclic) bond motifs is 2. The predicted molar refractivity (Wildman–Crippen MR) is 202 cm³/mol. The van der Waals surface area contributed by atoms with Gasteiger partial charge >= 0.3 is 0 Å². The van der Waals surface area contributed by atoms with Gasteiger partial charge in [0.1, 0.15) is 6.42 Å². The van der Waals surface area contributed by atoms with Gasteiger partial charge in [-0.3, -0.25) is 9.59 Å². The summed E-state index contributed by atoms with van der Waals surface area (Å²) in [6.45, 7) is 8.41. The molecule has 0 spiro atoms. The molecule has 0 aliphatic heterocycles. The quantitative estimate of drug-likeness (QED) is 0.0706. The molecular formula is C43H58N2O4. The highest BCUT2D eigenvalue weighted by Gasteiger charge is 2.41. The van der Waals surface area contributed by atoms with Gasteiger partial charge in [0.05, 0.1) is 23.3 Å². The minimum atomic E-state index is -1.19. The largest absolute Gasteiger partial charge is 0.387 e. The molecule has 2 amide bonds. The molecule has 2 atom stereocenters. The van der Waals surface area contributed by atoms with Gasteiger partial charge in [-0.25, -0.2) is 0 Å². The lowest BCUT2D eigenvalue weighted by molar-refractivity contribution is -0.133. The summed E-state index contributed by atoms with van der Waals surface area (Å²) in [6.07, 6.45) is 8.67. The highest BCUT2D eigenvalue weighted by molar-refractivity contribution is 5.98. The van der Waals surface area contributed by atoms with Crippen molar-refractivity contribution in [2.24, 2.45) is 0 Å². The number of nitrogens with one attached hydrogen (secondary N) is 2. The molecule has 6 nitrogen and oxygen atoms in total. The average molecular weight is 667 g/mol. The van der Waals surface area contributed by atoms with Crippen molar-refractivity contribution in [2.45, 2.75) is 134 Å². The summed E-state index contributed by atoms with van der Waals surface area (Å²) in [5, 5.41) is 35.0. The number of benzene rings is 4. The maximum absolute atomic E-state index is 13.9. The van der Waals surface area contributed by atoms with Gasteiger partial charge in [-0.1, -0.05) is 164 Å². The highest BCUT2D eigenvalue weighted by atomic mass is 16.3. The molecular weight excluding hydrogens is 608 g/mol. The zero-order valence-electron chi connectivity index (χ0n) is 30.1. The molecule has 4 rings (SSSR count). The molecule has 49 heavy (non-hydrogen) atoms. The van der Waals surface area contributed by atoms with Gasteiger partial charge < -0.3 is 20.8 Å². The van der Waals surface area contributed by atoms with Crippen molar-refractivity contribution in [3.05, 3.63) is 96.1 Å². The fraction of sp³-hybridized carbons (Fsp3) is 0.488. The lowest BCUT2D eigenvalue weighted by Gasteiger charge is -2.39. The van der Waals surface area contributed by atoms with Crippen LogP contribution < -0.4 is 10.6 Å². The lowest BCUT2D eigenvalue weighted by Crippen LogP contribution is -2.49. The minimum Gasteiger partial charge on any atom is -0.387 e. The molecule has 0 unspecified atom stereocenters. The fourth-order valence-corrected chi connectivity index (χ4v) is 7.34. The van der Waals surface area contributed by atoms with Crippen LogP contribution >= 0.6 is 0 Å². The van der Waals surface area contributed by atoms with E-state index >= 15 is 0 Å². The smallest absolute Gasteiger partial charge is 0.230 e. The van der Waals surface area contributed by atoms with E-state index in [0.29, 0.717) is 25.7 Å². The van der Waals surface area contributed by atoms with Crippen molar-refractivity contribution in [3.8, 4) is 0 Å². The zero-order chi connectivity index (χ0) is 35.3. The average Bonchev–Trinajstić information content (AvgIpc) is 3.12. The van der Waals surface area contributed by atoms with Crippen LogP contribution in [0, 0.1) is 0 Å². The number of hydrogen-bond donors (Lipinski definition) is 4. The van der Waals surface area contributed by atoms with Crippen LogP contribution in [0.2, 0.25) is 0 Å². The van der Waals surface area contributed by atoms with Crippen LogP contribution in [0.15, 0.2) is 84.9 Å². The summed E-state index contributed by atoms with van der Waals surface area (Å²) in [7, 11) is 0. The van der Waals surface area contributed by atoms with Gasteiger partial charge in [0, 0.05) is 0 Å². The number of aliphatic hydroxyl groups is 2. The Morgan fingerprint density at radius 3 is 1.20 bits per heavy atom. The Bertz CT molecular complexity index is 1500. The topological polar surface area (TPSA) is 98.7 Å². The van der Waals surface area contributed by atoms with E-state index in [1.807, 2.05) is 84.9 Å². The van der Waals surface area contributed by atoms with Gasteiger partial charge in [-0.2, -0.15) is 0 Å². The Hall–Kier alpha value is -3.74. The summed E-state index contributed by atoms with van der Waals surface area (Å²) < 4.78 is 0. The van der Waals surface area contributed by atoms with E-state index < -0.39 is 41.5 Å². The van der Waals surface area contributed by atoms with E-state index in [-0.39, 0.29) is 0 Å². The van der Waals surface area contributed by atoms with Gasteiger partial charge in [-0.05, 0) is 58.4 Å². The van der Waals surface area contributed by atoms with E-state index in [4.69, 9.17) is 0 Å². The number of rotatable bonds is 20. The van der Waals surface area contributed by atoms with Gasteiger partial charge in [0.25, 0.3) is 0 Å². The second-order valence-corrected chi connectivity index (χ2v) is 13.9. The molecule has 0 saturated carbocycles. The number of carbonyl (C=O) groups excluding carboxylic acids is 2. The van der Waals surface area contributed by atoms with Crippen LogP contribution in [0.5, 0.6) is 0 Å². The SMILES string of the molecule is CCCCC(O)(CCCC)[C@@H](NC(=O)CC(=O)N[C@@H](c1cccc2ccccc12)C(O)(CCCC)CCCC)c1cccc2ccccc12. The molecule has 0 aromatic heterocycles. The Labute approximate surface area is 293 Å². The number of carbonyl (C=O) groups is 2. The minimum absolute atomic E-state index is 0.419. The number of amides is 2. The first kappa shape index (κ1) is 38.1. The van der Waals surface area contributed by atoms with Crippen molar-refractivity contribution in [1.29, 1.82) is 0 Å². The third-order valence-electron chi connectivity index (χ3n) is 10.1. The van der Waals surface area contributed by atoms with Crippen LogP contribution in [0.25, 0.3) is 21.5 Å². The van der Waals surface area contributed by atoms with E-state index in [1.54, 1.807) is 0 Å². The van der Waals surface area contributed by atoms with Crippen LogP contribution in [-0.2, 0) is 9.59 Å². The molecule has 4 aromatic rings. The molecule has 6 heteroatoms. The molecule has 0 bridgehead atoms. The van der Waals surface area contributed by atoms with Crippen molar-refractivity contribution < 1.29 is 19.8 Å². The van der Waals surface area contributed by atoms with E-state index in [0.717, 1.165) is 84.0 Å².